The molecule has 184 valence electrons. The van der Waals surface area contributed by atoms with Crippen LogP contribution in [0.4, 0.5) is 14.9 Å². The summed E-state index contributed by atoms with van der Waals surface area (Å²) in [5, 5.41) is 4.56. The quantitative estimate of drug-likeness (QED) is 0.434. The minimum absolute atomic E-state index is 0.0782. The third kappa shape index (κ3) is 6.51. The van der Waals surface area contributed by atoms with Gasteiger partial charge in [0.1, 0.15) is 12.4 Å². The molecule has 0 fully saturated rings. The highest BCUT2D eigenvalue weighted by atomic mass is 32.1. The molecule has 1 aliphatic rings. The van der Waals surface area contributed by atoms with Crippen LogP contribution in [0.2, 0.25) is 0 Å². The first-order valence-electron chi connectivity index (χ1n) is 11.4. The minimum Gasteiger partial charge on any atom is -0.454 e. The molecule has 0 unspecified atom stereocenters. The van der Waals surface area contributed by atoms with Crippen LogP contribution in [0, 0.1) is 11.7 Å². The van der Waals surface area contributed by atoms with Crippen molar-refractivity contribution in [3.8, 4) is 11.5 Å². The fourth-order valence-electron chi connectivity index (χ4n) is 3.76. The SMILES string of the molecule is CC(C)CN(CC(=O)N(Cc1ccc2c(c1)OCO2)Cc1cccs1)C(=O)Nc1ccccc1F. The summed E-state index contributed by atoms with van der Waals surface area (Å²) in [4.78, 5) is 30.7. The summed E-state index contributed by atoms with van der Waals surface area (Å²) in [6.45, 7) is 5.08. The van der Waals surface area contributed by atoms with Crippen LogP contribution in [0.25, 0.3) is 0 Å². The summed E-state index contributed by atoms with van der Waals surface area (Å²) in [6.07, 6.45) is 0. The number of fused-ring (bicyclic) bond motifs is 1. The lowest BCUT2D eigenvalue weighted by atomic mass is 10.1. The predicted octanol–water partition coefficient (Wildman–Crippen LogP) is 5.33. The van der Waals surface area contributed by atoms with E-state index in [1.54, 1.807) is 28.4 Å². The molecule has 3 amide bonds. The fourth-order valence-corrected chi connectivity index (χ4v) is 4.48. The van der Waals surface area contributed by atoms with Crippen molar-refractivity contribution in [2.24, 2.45) is 5.92 Å². The molecule has 1 aliphatic heterocycles. The Labute approximate surface area is 208 Å². The number of hydrogen-bond acceptors (Lipinski definition) is 5. The molecule has 0 saturated heterocycles. The molecule has 2 heterocycles. The second-order valence-electron chi connectivity index (χ2n) is 8.70. The molecule has 9 heteroatoms. The van der Waals surface area contributed by atoms with Crippen molar-refractivity contribution in [2.45, 2.75) is 26.9 Å². The third-order valence-corrected chi connectivity index (χ3v) is 6.27. The van der Waals surface area contributed by atoms with Gasteiger partial charge in [-0.2, -0.15) is 0 Å². The molecule has 0 radical (unpaired) electrons. The molecular weight excluding hydrogens is 469 g/mol. The van der Waals surface area contributed by atoms with E-state index in [2.05, 4.69) is 5.32 Å². The van der Waals surface area contributed by atoms with Crippen LogP contribution >= 0.6 is 11.3 Å². The van der Waals surface area contributed by atoms with Crippen LogP contribution in [0.3, 0.4) is 0 Å². The molecule has 0 spiro atoms. The lowest BCUT2D eigenvalue weighted by Crippen LogP contribution is -2.45. The van der Waals surface area contributed by atoms with Gasteiger partial charge in [-0.3, -0.25) is 4.79 Å². The van der Waals surface area contributed by atoms with Crippen LogP contribution in [-0.2, 0) is 17.9 Å². The molecule has 0 aliphatic carbocycles. The number of halogens is 1. The average Bonchev–Trinajstić information content (AvgIpc) is 3.51. The molecular formula is C26H28FN3O4S. The topological polar surface area (TPSA) is 71.1 Å². The third-order valence-electron chi connectivity index (χ3n) is 5.40. The maximum atomic E-state index is 14.1. The number of thiophene rings is 1. The van der Waals surface area contributed by atoms with E-state index in [0.29, 0.717) is 31.1 Å². The van der Waals surface area contributed by atoms with Crippen LogP contribution in [0.1, 0.15) is 24.3 Å². The number of carbonyl (C=O) groups excluding carboxylic acids is 2. The van der Waals surface area contributed by atoms with Crippen LogP contribution in [0.5, 0.6) is 11.5 Å². The van der Waals surface area contributed by atoms with Gasteiger partial charge in [-0.15, -0.1) is 11.3 Å². The van der Waals surface area contributed by atoms with E-state index in [4.69, 9.17) is 9.47 Å². The van der Waals surface area contributed by atoms with Gasteiger partial charge in [-0.1, -0.05) is 38.1 Å². The zero-order valence-corrected chi connectivity index (χ0v) is 20.5. The van der Waals surface area contributed by atoms with Crippen molar-refractivity contribution in [1.82, 2.24) is 9.80 Å². The Kier molecular flexibility index (Phi) is 7.87. The number of benzene rings is 2. The molecule has 1 aromatic heterocycles. The monoisotopic (exact) mass is 497 g/mol. The van der Waals surface area contributed by atoms with Crippen molar-refractivity contribution in [1.29, 1.82) is 0 Å². The highest BCUT2D eigenvalue weighted by molar-refractivity contribution is 7.09. The van der Waals surface area contributed by atoms with Crippen molar-refractivity contribution in [2.75, 3.05) is 25.2 Å². The van der Waals surface area contributed by atoms with E-state index in [1.165, 1.54) is 17.0 Å². The molecule has 2 aromatic carbocycles. The Morgan fingerprint density at radius 2 is 1.83 bits per heavy atom. The summed E-state index contributed by atoms with van der Waals surface area (Å²) >= 11 is 1.57. The summed E-state index contributed by atoms with van der Waals surface area (Å²) in [6, 6.07) is 15.0. The Morgan fingerprint density at radius 1 is 1.03 bits per heavy atom. The summed E-state index contributed by atoms with van der Waals surface area (Å²) in [5.41, 5.74) is 0.972. The van der Waals surface area contributed by atoms with Crippen molar-refractivity contribution < 1.29 is 23.5 Å². The normalized spacial score (nSPS) is 12.0. The number of nitrogens with zero attached hydrogens (tertiary/aromatic N) is 2. The number of para-hydroxylation sites is 1. The van der Waals surface area contributed by atoms with Crippen molar-refractivity contribution in [3.05, 3.63) is 76.2 Å². The number of rotatable bonds is 9. The molecule has 0 saturated carbocycles. The molecule has 1 N–H and O–H groups in total. The van der Waals surface area contributed by atoms with Gasteiger partial charge in [0.15, 0.2) is 11.5 Å². The van der Waals surface area contributed by atoms with Crippen LogP contribution in [-0.4, -0.2) is 41.6 Å². The van der Waals surface area contributed by atoms with Crippen LogP contribution in [0.15, 0.2) is 60.0 Å². The van der Waals surface area contributed by atoms with Gasteiger partial charge in [0.05, 0.1) is 12.2 Å². The van der Waals surface area contributed by atoms with E-state index >= 15 is 0 Å². The Hall–Kier alpha value is -3.59. The van der Waals surface area contributed by atoms with E-state index < -0.39 is 11.8 Å². The number of ether oxygens (including phenoxy) is 2. The van der Waals surface area contributed by atoms with Crippen molar-refractivity contribution in [3.63, 3.8) is 0 Å². The zero-order valence-electron chi connectivity index (χ0n) is 19.7. The number of hydrogen-bond donors (Lipinski definition) is 1. The largest absolute Gasteiger partial charge is 0.454 e. The highest BCUT2D eigenvalue weighted by Gasteiger charge is 2.24. The van der Waals surface area contributed by atoms with Gasteiger partial charge < -0.3 is 24.6 Å². The highest BCUT2D eigenvalue weighted by Crippen LogP contribution is 2.33. The van der Waals surface area contributed by atoms with Crippen LogP contribution < -0.4 is 14.8 Å². The second kappa shape index (κ2) is 11.2. The summed E-state index contributed by atoms with van der Waals surface area (Å²) in [7, 11) is 0. The number of carbonyl (C=O) groups is 2. The van der Waals surface area contributed by atoms with E-state index in [1.807, 2.05) is 49.6 Å². The van der Waals surface area contributed by atoms with E-state index in [0.717, 1.165) is 10.4 Å². The van der Waals surface area contributed by atoms with Gasteiger partial charge >= 0.3 is 6.03 Å². The Bertz CT molecular complexity index is 1170. The molecule has 35 heavy (non-hydrogen) atoms. The lowest BCUT2D eigenvalue weighted by molar-refractivity contribution is -0.133. The number of urea groups is 1. The molecule has 0 bridgehead atoms. The first-order valence-corrected chi connectivity index (χ1v) is 12.3. The Morgan fingerprint density at radius 3 is 2.57 bits per heavy atom. The minimum atomic E-state index is -0.529. The zero-order chi connectivity index (χ0) is 24.8. The number of anilines is 1. The number of amides is 3. The standard InChI is InChI=1S/C26H28FN3O4S/c1-18(2)13-30(26(32)28-22-8-4-3-7-21(22)27)16-25(31)29(15-20-6-5-11-35-20)14-19-9-10-23-24(12-19)34-17-33-23/h3-12,18H,13-17H2,1-2H3,(H,28,32). The van der Waals surface area contributed by atoms with Gasteiger partial charge in [-0.05, 0) is 47.2 Å². The van der Waals surface area contributed by atoms with Crippen molar-refractivity contribution >= 4 is 29.0 Å². The summed E-state index contributed by atoms with van der Waals surface area (Å²) < 4.78 is 25.0. The maximum absolute atomic E-state index is 14.1. The van der Waals surface area contributed by atoms with Gasteiger partial charge in [0, 0.05) is 18.0 Å². The average molecular weight is 498 g/mol. The molecule has 4 rings (SSSR count). The predicted molar refractivity (Wildman–Crippen MR) is 133 cm³/mol. The maximum Gasteiger partial charge on any atom is 0.322 e. The van der Waals surface area contributed by atoms with E-state index in [9.17, 15) is 14.0 Å². The first-order chi connectivity index (χ1) is 16.9. The first kappa shape index (κ1) is 24.5. The summed E-state index contributed by atoms with van der Waals surface area (Å²) in [5.74, 6) is 0.711. The van der Waals surface area contributed by atoms with Gasteiger partial charge in [0.25, 0.3) is 0 Å². The van der Waals surface area contributed by atoms with E-state index in [-0.39, 0.29) is 30.9 Å². The van der Waals surface area contributed by atoms with Gasteiger partial charge in [0.2, 0.25) is 12.7 Å². The molecule has 0 atom stereocenters. The molecule has 7 nitrogen and oxygen atoms in total. The smallest absolute Gasteiger partial charge is 0.322 e. The lowest BCUT2D eigenvalue weighted by Gasteiger charge is -2.29. The Balaban J connectivity index is 1.51. The van der Waals surface area contributed by atoms with Gasteiger partial charge in [-0.25, -0.2) is 9.18 Å². The number of nitrogens with one attached hydrogen (secondary N) is 1. The second-order valence-corrected chi connectivity index (χ2v) is 9.73. The fraction of sp³-hybridized carbons (Fsp3) is 0.308. The molecule has 3 aromatic rings.